The summed E-state index contributed by atoms with van der Waals surface area (Å²) < 4.78 is 0. The highest BCUT2D eigenvalue weighted by atomic mass is 15.2. The Kier molecular flexibility index (Phi) is 8.22. The van der Waals surface area contributed by atoms with Crippen LogP contribution in [0.3, 0.4) is 0 Å². The highest BCUT2D eigenvalue weighted by Gasteiger charge is 2.24. The number of pyridine rings is 2. The number of nitrogen functional groups attached to an aromatic ring is 2. The molecule has 0 amide bonds. The number of nitrogens with zero attached hydrogens (tertiary/aromatic N) is 8. The Morgan fingerprint density at radius 3 is 2.15 bits per heavy atom. The van der Waals surface area contributed by atoms with Crippen LogP contribution >= 0.6 is 0 Å². The first-order chi connectivity index (χ1) is 22.3. The van der Waals surface area contributed by atoms with E-state index in [1.807, 2.05) is 38.1 Å². The SMILES string of the molecule is Cc1cc(C)c2c(N)nc(NC3CCN(CCc4cc(-c5ccccc5)c5c(N)nc(NC6CCN(C)CC6)nc5n4)C3)nc2n1. The maximum absolute atomic E-state index is 6.60. The molecule has 5 aromatic rings. The summed E-state index contributed by atoms with van der Waals surface area (Å²) in [5, 5.41) is 8.64. The first-order valence-electron chi connectivity index (χ1n) is 16.2. The zero-order valence-electron chi connectivity index (χ0n) is 26.8. The molecule has 12 nitrogen and oxygen atoms in total. The molecule has 46 heavy (non-hydrogen) atoms. The van der Waals surface area contributed by atoms with Gasteiger partial charge in [0.2, 0.25) is 11.9 Å². The van der Waals surface area contributed by atoms with Gasteiger partial charge in [-0.25, -0.2) is 9.97 Å². The maximum Gasteiger partial charge on any atom is 0.226 e. The summed E-state index contributed by atoms with van der Waals surface area (Å²) in [4.78, 5) is 33.2. The van der Waals surface area contributed by atoms with Crippen LogP contribution in [0.4, 0.5) is 23.5 Å². The van der Waals surface area contributed by atoms with Crippen molar-refractivity contribution in [3.8, 4) is 11.1 Å². The Labute approximate surface area is 269 Å². The number of fused-ring (bicyclic) bond motifs is 2. The van der Waals surface area contributed by atoms with Gasteiger partial charge in [0.15, 0.2) is 11.3 Å². The average molecular weight is 619 g/mol. The molecule has 2 fully saturated rings. The van der Waals surface area contributed by atoms with Crippen LogP contribution in [0.25, 0.3) is 33.2 Å². The van der Waals surface area contributed by atoms with Gasteiger partial charge >= 0.3 is 0 Å². The van der Waals surface area contributed by atoms with Crippen LogP contribution in [0, 0.1) is 13.8 Å². The lowest BCUT2D eigenvalue weighted by atomic mass is 10.0. The third-order valence-electron chi connectivity index (χ3n) is 9.19. The third kappa shape index (κ3) is 6.35. The number of anilines is 4. The number of hydrogen-bond donors (Lipinski definition) is 4. The first kappa shape index (κ1) is 30.0. The van der Waals surface area contributed by atoms with Crippen LogP contribution in [0.5, 0.6) is 0 Å². The predicted molar refractivity (Wildman–Crippen MR) is 185 cm³/mol. The molecule has 2 aliphatic heterocycles. The van der Waals surface area contributed by atoms with E-state index in [-0.39, 0.29) is 6.04 Å². The van der Waals surface area contributed by atoms with Crippen LogP contribution < -0.4 is 22.1 Å². The van der Waals surface area contributed by atoms with Crippen molar-refractivity contribution >= 4 is 45.6 Å². The minimum atomic E-state index is 0.216. The number of aromatic nitrogens is 6. The minimum Gasteiger partial charge on any atom is -0.383 e. The van der Waals surface area contributed by atoms with Crippen molar-refractivity contribution in [2.24, 2.45) is 0 Å². The molecular weight excluding hydrogens is 576 g/mol. The fourth-order valence-corrected chi connectivity index (χ4v) is 6.77. The van der Waals surface area contributed by atoms with Gasteiger partial charge in [0, 0.05) is 49.5 Å². The second-order valence-electron chi connectivity index (χ2n) is 12.8. The zero-order valence-corrected chi connectivity index (χ0v) is 26.8. The van der Waals surface area contributed by atoms with Gasteiger partial charge in [-0.15, -0.1) is 0 Å². The van der Waals surface area contributed by atoms with E-state index >= 15 is 0 Å². The standard InChI is InChI=1S/C34H42N12/c1-20-17-21(2)37-31-27(20)29(35)41-34(43-31)40-25-12-16-46(19-25)15-11-24-18-26(22-7-5-4-6-8-22)28-30(36)42-33(44-32(28)38-24)39-23-9-13-45(3)14-10-23/h4-8,17-18,23,25H,9-16,19H2,1-3H3,(H3,35,37,40,41,43)(H3,36,38,39,42,44). The fraction of sp³-hybridized carbons (Fsp3) is 0.412. The highest BCUT2D eigenvalue weighted by Crippen LogP contribution is 2.32. The van der Waals surface area contributed by atoms with Gasteiger partial charge in [-0.3, -0.25) is 0 Å². The molecule has 4 aromatic heterocycles. The average Bonchev–Trinajstić information content (AvgIpc) is 3.47. The monoisotopic (exact) mass is 618 g/mol. The van der Waals surface area contributed by atoms with E-state index in [0.29, 0.717) is 40.9 Å². The van der Waals surface area contributed by atoms with Crippen LogP contribution in [0.1, 0.15) is 36.2 Å². The lowest BCUT2D eigenvalue weighted by Gasteiger charge is -2.29. The molecule has 6 N–H and O–H groups in total. The summed E-state index contributed by atoms with van der Waals surface area (Å²) in [6.07, 6.45) is 3.86. The Hall–Kier alpha value is -4.68. The van der Waals surface area contributed by atoms with E-state index in [0.717, 1.165) is 97.3 Å². The van der Waals surface area contributed by atoms with Crippen LogP contribution in [0.15, 0.2) is 42.5 Å². The van der Waals surface area contributed by atoms with Gasteiger partial charge in [0.25, 0.3) is 0 Å². The van der Waals surface area contributed by atoms with Gasteiger partial charge in [-0.1, -0.05) is 30.3 Å². The Morgan fingerprint density at radius 2 is 1.41 bits per heavy atom. The van der Waals surface area contributed by atoms with E-state index < -0.39 is 0 Å². The number of benzene rings is 1. The number of nitrogens with one attached hydrogen (secondary N) is 2. The molecule has 238 valence electrons. The molecule has 0 spiro atoms. The van der Waals surface area contributed by atoms with E-state index in [2.05, 4.69) is 60.6 Å². The molecule has 1 unspecified atom stereocenters. The second-order valence-corrected chi connectivity index (χ2v) is 12.8. The van der Waals surface area contributed by atoms with E-state index in [9.17, 15) is 0 Å². The van der Waals surface area contributed by atoms with Gasteiger partial charge in [-0.2, -0.15) is 19.9 Å². The topological polar surface area (TPSA) is 160 Å². The number of hydrogen-bond acceptors (Lipinski definition) is 12. The van der Waals surface area contributed by atoms with Crippen molar-refractivity contribution in [2.75, 3.05) is 61.9 Å². The zero-order chi connectivity index (χ0) is 31.8. The molecule has 1 aromatic carbocycles. The summed E-state index contributed by atoms with van der Waals surface area (Å²) >= 11 is 0. The largest absolute Gasteiger partial charge is 0.383 e. The molecular formula is C34H42N12. The molecule has 12 heteroatoms. The van der Waals surface area contributed by atoms with Crippen molar-refractivity contribution in [3.05, 3.63) is 59.4 Å². The van der Waals surface area contributed by atoms with Gasteiger partial charge in [0.05, 0.1) is 10.8 Å². The Bertz CT molecular complexity index is 1870. The normalized spacial score (nSPS) is 18.0. The van der Waals surface area contributed by atoms with E-state index in [1.54, 1.807) is 0 Å². The van der Waals surface area contributed by atoms with Crippen molar-refractivity contribution in [3.63, 3.8) is 0 Å². The van der Waals surface area contributed by atoms with Crippen molar-refractivity contribution in [2.45, 2.75) is 51.6 Å². The lowest BCUT2D eigenvalue weighted by Crippen LogP contribution is -2.37. The van der Waals surface area contributed by atoms with Gasteiger partial charge in [-0.05, 0) is 82.1 Å². The smallest absolute Gasteiger partial charge is 0.226 e. The first-order valence-corrected chi connectivity index (χ1v) is 16.2. The molecule has 0 saturated carbocycles. The molecule has 6 heterocycles. The Balaban J connectivity index is 1.08. The van der Waals surface area contributed by atoms with Crippen LogP contribution in [0.2, 0.25) is 0 Å². The van der Waals surface area contributed by atoms with Crippen LogP contribution in [-0.2, 0) is 6.42 Å². The molecule has 2 aliphatic rings. The van der Waals surface area contributed by atoms with Gasteiger partial charge < -0.3 is 31.9 Å². The third-order valence-corrected chi connectivity index (χ3v) is 9.19. The van der Waals surface area contributed by atoms with E-state index in [4.69, 9.17) is 26.4 Å². The summed E-state index contributed by atoms with van der Waals surface area (Å²) in [6, 6.07) is 15.0. The molecule has 0 aliphatic carbocycles. The summed E-state index contributed by atoms with van der Waals surface area (Å²) in [6.45, 7) is 8.79. The summed E-state index contributed by atoms with van der Waals surface area (Å²) in [7, 11) is 2.16. The number of nitrogens with two attached hydrogens (primary N) is 2. The number of piperidine rings is 1. The highest BCUT2D eigenvalue weighted by molar-refractivity contribution is 6.00. The van der Waals surface area contributed by atoms with Crippen molar-refractivity contribution in [1.29, 1.82) is 0 Å². The second kappa shape index (κ2) is 12.6. The van der Waals surface area contributed by atoms with Crippen molar-refractivity contribution in [1.82, 2.24) is 39.7 Å². The minimum absolute atomic E-state index is 0.216. The van der Waals surface area contributed by atoms with E-state index in [1.165, 1.54) is 0 Å². The Morgan fingerprint density at radius 1 is 0.761 bits per heavy atom. The quantitative estimate of drug-likeness (QED) is 0.198. The molecule has 7 rings (SSSR count). The number of aryl methyl sites for hydroxylation is 2. The van der Waals surface area contributed by atoms with Crippen molar-refractivity contribution < 1.29 is 0 Å². The molecule has 0 bridgehead atoms. The summed E-state index contributed by atoms with van der Waals surface area (Å²) in [5.41, 5.74) is 19.2. The number of likely N-dealkylation sites (tertiary alicyclic amines) is 2. The lowest BCUT2D eigenvalue weighted by molar-refractivity contribution is 0.263. The predicted octanol–water partition coefficient (Wildman–Crippen LogP) is 4.05. The van der Waals surface area contributed by atoms with Crippen LogP contribution in [-0.4, -0.2) is 91.6 Å². The van der Waals surface area contributed by atoms with Gasteiger partial charge in [0.1, 0.15) is 11.6 Å². The molecule has 0 radical (unpaired) electrons. The molecule has 1 atom stereocenters. The molecule has 2 saturated heterocycles. The fourth-order valence-electron chi connectivity index (χ4n) is 6.77. The summed E-state index contributed by atoms with van der Waals surface area (Å²) in [5.74, 6) is 1.98. The number of rotatable bonds is 8. The maximum atomic E-state index is 6.60.